The molecule has 1 saturated heterocycles. The SMILES string of the molecule is C=C=CCC(C)OC1OC(CC)C(C)C(O)C1NC(C)=O. The Morgan fingerprint density at radius 3 is 2.81 bits per heavy atom. The minimum absolute atomic E-state index is 0.0601. The monoisotopic (exact) mass is 297 g/mol. The molecular formula is C16H27NO4. The molecule has 0 spiro atoms. The maximum atomic E-state index is 11.4. The predicted molar refractivity (Wildman–Crippen MR) is 80.6 cm³/mol. The van der Waals surface area contributed by atoms with Gasteiger partial charge in [0.15, 0.2) is 6.29 Å². The lowest BCUT2D eigenvalue weighted by Gasteiger charge is -2.44. The fourth-order valence-corrected chi connectivity index (χ4v) is 2.60. The van der Waals surface area contributed by atoms with Crippen LogP contribution in [0.1, 0.15) is 40.5 Å². The molecule has 120 valence electrons. The fraction of sp³-hybridized carbons (Fsp3) is 0.750. The summed E-state index contributed by atoms with van der Waals surface area (Å²) in [5.41, 5.74) is 2.70. The minimum Gasteiger partial charge on any atom is -0.390 e. The molecule has 5 heteroatoms. The van der Waals surface area contributed by atoms with Crippen LogP contribution in [0.5, 0.6) is 0 Å². The van der Waals surface area contributed by atoms with Gasteiger partial charge >= 0.3 is 0 Å². The van der Waals surface area contributed by atoms with E-state index in [4.69, 9.17) is 9.47 Å². The van der Waals surface area contributed by atoms with Crippen LogP contribution in [-0.2, 0) is 14.3 Å². The Bertz CT molecular complexity index is 392. The van der Waals surface area contributed by atoms with Crippen LogP contribution in [0.2, 0.25) is 0 Å². The molecule has 1 aliphatic heterocycles. The van der Waals surface area contributed by atoms with Crippen molar-refractivity contribution in [1.82, 2.24) is 5.32 Å². The van der Waals surface area contributed by atoms with Crippen molar-refractivity contribution in [3.63, 3.8) is 0 Å². The summed E-state index contributed by atoms with van der Waals surface area (Å²) >= 11 is 0. The smallest absolute Gasteiger partial charge is 0.217 e. The van der Waals surface area contributed by atoms with Gasteiger partial charge in [0.2, 0.25) is 5.91 Å². The second kappa shape index (κ2) is 8.35. The lowest BCUT2D eigenvalue weighted by atomic mass is 9.88. The minimum atomic E-state index is -0.695. The maximum absolute atomic E-state index is 11.4. The molecule has 2 N–H and O–H groups in total. The van der Waals surface area contributed by atoms with E-state index < -0.39 is 18.4 Å². The number of nitrogens with one attached hydrogen (secondary N) is 1. The van der Waals surface area contributed by atoms with Crippen molar-refractivity contribution in [2.45, 2.75) is 71.2 Å². The highest BCUT2D eigenvalue weighted by molar-refractivity contribution is 5.73. The van der Waals surface area contributed by atoms with Crippen molar-refractivity contribution < 1.29 is 19.4 Å². The summed E-state index contributed by atoms with van der Waals surface area (Å²) in [4.78, 5) is 11.4. The van der Waals surface area contributed by atoms with Gasteiger partial charge in [-0.3, -0.25) is 4.79 Å². The molecule has 0 aromatic heterocycles. The zero-order chi connectivity index (χ0) is 16.0. The number of hydrogen-bond acceptors (Lipinski definition) is 4. The number of carbonyl (C=O) groups is 1. The van der Waals surface area contributed by atoms with E-state index in [9.17, 15) is 9.90 Å². The fourth-order valence-electron chi connectivity index (χ4n) is 2.60. The Kier molecular flexibility index (Phi) is 7.12. The van der Waals surface area contributed by atoms with E-state index in [2.05, 4.69) is 17.6 Å². The average Bonchev–Trinajstić information content (AvgIpc) is 2.44. The Labute approximate surface area is 127 Å². The second-order valence-corrected chi connectivity index (χ2v) is 5.62. The van der Waals surface area contributed by atoms with Crippen LogP contribution in [0.4, 0.5) is 0 Å². The molecule has 0 radical (unpaired) electrons. The zero-order valence-electron chi connectivity index (χ0n) is 13.3. The molecule has 21 heavy (non-hydrogen) atoms. The topological polar surface area (TPSA) is 67.8 Å². The van der Waals surface area contributed by atoms with E-state index in [1.165, 1.54) is 6.92 Å². The highest BCUT2D eigenvalue weighted by atomic mass is 16.7. The van der Waals surface area contributed by atoms with Gasteiger partial charge in [-0.1, -0.05) is 20.4 Å². The lowest BCUT2D eigenvalue weighted by molar-refractivity contribution is -0.261. The molecular weight excluding hydrogens is 270 g/mol. The van der Waals surface area contributed by atoms with E-state index in [-0.39, 0.29) is 24.0 Å². The largest absolute Gasteiger partial charge is 0.390 e. The third-order valence-electron chi connectivity index (χ3n) is 3.83. The van der Waals surface area contributed by atoms with E-state index in [0.717, 1.165) is 6.42 Å². The summed E-state index contributed by atoms with van der Waals surface area (Å²) in [6.07, 6.45) is 1.68. The van der Waals surface area contributed by atoms with E-state index in [0.29, 0.717) is 6.42 Å². The number of carbonyl (C=O) groups excluding carboxylic acids is 1. The van der Waals surface area contributed by atoms with Gasteiger partial charge in [0.05, 0.1) is 18.3 Å². The first-order valence-corrected chi connectivity index (χ1v) is 7.51. The van der Waals surface area contributed by atoms with Crippen LogP contribution in [0.25, 0.3) is 0 Å². The van der Waals surface area contributed by atoms with Gasteiger partial charge in [-0.2, -0.15) is 0 Å². The molecule has 1 fully saturated rings. The Balaban J connectivity index is 2.82. The molecule has 1 rings (SSSR count). The maximum Gasteiger partial charge on any atom is 0.217 e. The summed E-state index contributed by atoms with van der Waals surface area (Å²) < 4.78 is 11.8. The van der Waals surface area contributed by atoms with Crippen molar-refractivity contribution in [1.29, 1.82) is 0 Å². The first kappa shape index (κ1) is 17.9. The van der Waals surface area contributed by atoms with Gasteiger partial charge in [0.1, 0.15) is 6.04 Å². The summed E-state index contributed by atoms with van der Waals surface area (Å²) in [7, 11) is 0. The van der Waals surface area contributed by atoms with Crippen molar-refractivity contribution in [2.24, 2.45) is 5.92 Å². The number of amides is 1. The first-order valence-electron chi connectivity index (χ1n) is 7.51. The van der Waals surface area contributed by atoms with Gasteiger partial charge in [-0.25, -0.2) is 0 Å². The van der Waals surface area contributed by atoms with Crippen LogP contribution < -0.4 is 5.32 Å². The molecule has 0 bridgehead atoms. The van der Waals surface area contributed by atoms with Crippen LogP contribution in [-0.4, -0.2) is 41.7 Å². The molecule has 1 heterocycles. The summed E-state index contributed by atoms with van der Waals surface area (Å²) in [6.45, 7) is 10.8. The highest BCUT2D eigenvalue weighted by Crippen LogP contribution is 2.29. The number of rotatable bonds is 6. The van der Waals surface area contributed by atoms with Gasteiger partial charge in [-0.05, 0) is 25.8 Å². The van der Waals surface area contributed by atoms with Crippen LogP contribution >= 0.6 is 0 Å². The normalized spacial score (nSPS) is 33.9. The lowest BCUT2D eigenvalue weighted by Crippen LogP contribution is -2.61. The third-order valence-corrected chi connectivity index (χ3v) is 3.83. The Morgan fingerprint density at radius 2 is 2.29 bits per heavy atom. The molecule has 5 nitrogen and oxygen atoms in total. The average molecular weight is 297 g/mol. The molecule has 0 saturated carbocycles. The molecule has 0 aromatic rings. The molecule has 1 aliphatic rings. The van der Waals surface area contributed by atoms with E-state index in [1.54, 1.807) is 6.08 Å². The van der Waals surface area contributed by atoms with Gasteiger partial charge in [0, 0.05) is 12.8 Å². The van der Waals surface area contributed by atoms with E-state index >= 15 is 0 Å². The molecule has 0 aromatic carbocycles. The van der Waals surface area contributed by atoms with Crippen molar-refractivity contribution in [3.05, 3.63) is 18.4 Å². The van der Waals surface area contributed by atoms with Crippen LogP contribution in [0, 0.1) is 5.92 Å². The number of hydrogen-bond donors (Lipinski definition) is 2. The second-order valence-electron chi connectivity index (χ2n) is 5.62. The number of aliphatic hydroxyl groups excluding tert-OH is 1. The standard InChI is InChI=1S/C16H27NO4/c1-6-8-9-10(3)20-16-14(17-12(5)18)15(19)11(4)13(7-2)21-16/h8,10-11,13-16,19H,1,7,9H2,2-5H3,(H,17,18). The molecule has 6 unspecified atom stereocenters. The summed E-state index contributed by atoms with van der Waals surface area (Å²) in [6, 6.07) is -0.560. The highest BCUT2D eigenvalue weighted by Gasteiger charge is 2.43. The van der Waals surface area contributed by atoms with Gasteiger partial charge < -0.3 is 19.9 Å². The van der Waals surface area contributed by atoms with Crippen molar-refractivity contribution >= 4 is 5.91 Å². The van der Waals surface area contributed by atoms with Crippen molar-refractivity contribution in [3.8, 4) is 0 Å². The molecule has 1 amide bonds. The predicted octanol–water partition coefficient (Wildman–Crippen LogP) is 1.76. The Hall–Kier alpha value is -1.13. The zero-order valence-corrected chi connectivity index (χ0v) is 13.3. The number of ether oxygens (including phenoxy) is 2. The quantitative estimate of drug-likeness (QED) is 0.733. The summed E-state index contributed by atoms with van der Waals surface area (Å²) in [5.74, 6) is -0.271. The molecule has 6 atom stereocenters. The summed E-state index contributed by atoms with van der Waals surface area (Å²) in [5, 5.41) is 13.2. The molecule has 0 aliphatic carbocycles. The van der Waals surface area contributed by atoms with Crippen LogP contribution in [0.3, 0.4) is 0 Å². The van der Waals surface area contributed by atoms with Crippen molar-refractivity contribution in [2.75, 3.05) is 0 Å². The van der Waals surface area contributed by atoms with Gasteiger partial charge in [0.25, 0.3) is 0 Å². The van der Waals surface area contributed by atoms with E-state index in [1.807, 2.05) is 20.8 Å². The number of aliphatic hydroxyl groups is 1. The Morgan fingerprint density at radius 1 is 1.62 bits per heavy atom. The first-order chi connectivity index (χ1) is 9.90. The van der Waals surface area contributed by atoms with Gasteiger partial charge in [-0.15, -0.1) is 5.73 Å². The van der Waals surface area contributed by atoms with Crippen LogP contribution in [0.15, 0.2) is 18.4 Å². The third kappa shape index (κ3) is 4.97.